The summed E-state index contributed by atoms with van der Waals surface area (Å²) in [5.41, 5.74) is 0. The Morgan fingerprint density at radius 3 is 2.20 bits per heavy atom. The van der Waals surface area contributed by atoms with Crippen LogP contribution in [0.15, 0.2) is 0 Å². The molecular weight excluding hydrogens is 226 g/mol. The van der Waals surface area contributed by atoms with E-state index in [2.05, 4.69) is 7.68 Å². The van der Waals surface area contributed by atoms with E-state index >= 15 is 0 Å². The van der Waals surface area contributed by atoms with Crippen LogP contribution in [0.1, 0.15) is 6.92 Å². The Morgan fingerprint density at radius 2 is 2.10 bits per heavy atom. The molecule has 0 aliphatic rings. The van der Waals surface area contributed by atoms with Gasteiger partial charge in [-0.2, -0.15) is 0 Å². The SMILES string of the molecule is CC([O][Mo]([NH2])(=[O])=[O])C(=O)O. The normalized spacial score (nSPS) is 14.6. The van der Waals surface area contributed by atoms with E-state index in [-0.39, 0.29) is 0 Å². The van der Waals surface area contributed by atoms with Crippen LogP contribution in [0.25, 0.3) is 0 Å². The van der Waals surface area contributed by atoms with Gasteiger partial charge in [-0.25, -0.2) is 0 Å². The molecule has 0 saturated heterocycles. The van der Waals surface area contributed by atoms with Gasteiger partial charge >= 0.3 is 60.0 Å². The van der Waals surface area contributed by atoms with Crippen molar-refractivity contribution in [1.29, 1.82) is 0 Å². The molecular formula is C3H7MoNO5. The van der Waals surface area contributed by atoms with Crippen LogP contribution in [0.5, 0.6) is 0 Å². The van der Waals surface area contributed by atoms with Crippen molar-refractivity contribution >= 4 is 5.97 Å². The molecule has 0 amide bonds. The number of hydrogen-bond donors (Lipinski definition) is 2. The van der Waals surface area contributed by atoms with E-state index < -0.39 is 28.7 Å². The molecule has 1 unspecified atom stereocenters. The topological polar surface area (TPSA) is 107 Å². The molecule has 0 aromatic rings. The third-order valence-corrected chi connectivity index (χ3v) is 2.00. The predicted molar refractivity (Wildman–Crippen MR) is 23.7 cm³/mol. The van der Waals surface area contributed by atoms with Crippen LogP contribution in [0.4, 0.5) is 0 Å². The van der Waals surface area contributed by atoms with Crippen molar-refractivity contribution in [1.82, 2.24) is 0 Å². The number of carboxylic acids is 1. The van der Waals surface area contributed by atoms with Gasteiger partial charge in [0.1, 0.15) is 0 Å². The number of hydrogen-bond acceptors (Lipinski definition) is 4. The summed E-state index contributed by atoms with van der Waals surface area (Å²) in [5, 5.41) is 8.12. The molecule has 0 spiro atoms. The fraction of sp³-hybridized carbons (Fsp3) is 0.667. The van der Waals surface area contributed by atoms with E-state index in [1.165, 1.54) is 0 Å². The van der Waals surface area contributed by atoms with Crippen molar-refractivity contribution in [3.63, 3.8) is 0 Å². The van der Waals surface area contributed by atoms with E-state index in [9.17, 15) is 11.6 Å². The van der Waals surface area contributed by atoms with Gasteiger partial charge in [0.15, 0.2) is 0 Å². The Hall–Kier alpha value is -0.322. The summed E-state index contributed by atoms with van der Waals surface area (Å²) in [6.07, 6.45) is -1.39. The van der Waals surface area contributed by atoms with Crippen molar-refractivity contribution in [3.05, 3.63) is 0 Å². The summed E-state index contributed by atoms with van der Waals surface area (Å²) in [5.74, 6) is -1.35. The van der Waals surface area contributed by atoms with Gasteiger partial charge < -0.3 is 0 Å². The van der Waals surface area contributed by atoms with Gasteiger partial charge in [-0.1, -0.05) is 0 Å². The fourth-order valence-electron chi connectivity index (χ4n) is 0.242. The second-order valence-electron chi connectivity index (χ2n) is 1.57. The van der Waals surface area contributed by atoms with Crippen LogP contribution in [0.3, 0.4) is 0 Å². The van der Waals surface area contributed by atoms with Gasteiger partial charge in [0.25, 0.3) is 0 Å². The summed E-state index contributed by atoms with van der Waals surface area (Å²) >= 11 is -5.14. The van der Waals surface area contributed by atoms with Gasteiger partial charge in [-0.3, -0.25) is 0 Å². The molecule has 0 radical (unpaired) electrons. The van der Waals surface area contributed by atoms with Crippen molar-refractivity contribution in [2.75, 3.05) is 0 Å². The minimum atomic E-state index is -5.14. The van der Waals surface area contributed by atoms with E-state index in [0.29, 0.717) is 0 Å². The third kappa shape index (κ3) is 4.55. The second kappa shape index (κ2) is 3.18. The monoisotopic (exact) mass is 235 g/mol. The molecule has 7 heteroatoms. The fourth-order valence-corrected chi connectivity index (χ4v) is 1.43. The zero-order valence-corrected chi connectivity index (χ0v) is 7.15. The van der Waals surface area contributed by atoms with Crippen LogP contribution >= 0.6 is 0 Å². The van der Waals surface area contributed by atoms with Crippen molar-refractivity contribution in [3.8, 4) is 0 Å². The molecule has 3 N–H and O–H groups in total. The molecule has 0 bridgehead atoms. The number of nitrogens with two attached hydrogens (primary N) is 1. The first-order valence-corrected chi connectivity index (χ1v) is 5.88. The molecule has 6 nitrogen and oxygen atoms in total. The molecule has 10 heavy (non-hydrogen) atoms. The first-order chi connectivity index (χ1) is 4.33. The Bertz CT molecular complexity index is 219. The number of carboxylic acid groups (broad SMARTS) is 1. The Labute approximate surface area is 60.5 Å². The Balaban J connectivity index is 4.06. The quantitative estimate of drug-likeness (QED) is 0.612. The minimum absolute atomic E-state index is 1.09. The van der Waals surface area contributed by atoms with Gasteiger partial charge in [0.05, 0.1) is 0 Å². The zero-order chi connectivity index (χ0) is 8.36. The molecule has 0 heterocycles. The second-order valence-corrected chi connectivity index (χ2v) is 4.47. The van der Waals surface area contributed by atoms with Crippen molar-refractivity contribution in [2.45, 2.75) is 13.0 Å². The van der Waals surface area contributed by atoms with Crippen LogP contribution in [0, 0.1) is 0 Å². The molecule has 0 aliphatic heterocycles. The molecule has 1 atom stereocenters. The third-order valence-electron chi connectivity index (χ3n) is 0.626. The molecule has 0 rings (SSSR count). The number of carbonyl (C=O) groups is 1. The van der Waals surface area contributed by atoms with E-state index in [0.717, 1.165) is 6.92 Å². The maximum atomic E-state index is 10.1. The summed E-state index contributed by atoms with van der Waals surface area (Å²) in [4.78, 5) is 9.95. The molecule has 0 saturated carbocycles. The summed E-state index contributed by atoms with van der Waals surface area (Å²) in [7, 11) is 0. The number of aliphatic carboxylic acids is 1. The van der Waals surface area contributed by atoms with E-state index in [1.807, 2.05) is 0 Å². The van der Waals surface area contributed by atoms with Gasteiger partial charge in [0.2, 0.25) is 0 Å². The van der Waals surface area contributed by atoms with Gasteiger partial charge in [-0.15, -0.1) is 0 Å². The average Bonchev–Trinajstić information content (AvgIpc) is 1.60. The Kier molecular flexibility index (Phi) is 3.08. The molecule has 0 aromatic carbocycles. The van der Waals surface area contributed by atoms with Gasteiger partial charge in [-0.05, 0) is 0 Å². The summed E-state index contributed by atoms with van der Waals surface area (Å²) < 4.78 is 28.7. The average molecular weight is 233 g/mol. The van der Waals surface area contributed by atoms with Crippen LogP contribution in [0.2, 0.25) is 0 Å². The van der Waals surface area contributed by atoms with Crippen molar-refractivity contribution < 1.29 is 36.7 Å². The Morgan fingerprint density at radius 1 is 1.70 bits per heavy atom. The van der Waals surface area contributed by atoms with E-state index in [4.69, 9.17) is 5.11 Å². The van der Waals surface area contributed by atoms with Crippen LogP contribution in [-0.2, 0) is 31.6 Å². The molecule has 0 aromatic heterocycles. The van der Waals surface area contributed by atoms with Gasteiger partial charge in [0, 0.05) is 0 Å². The zero-order valence-electron chi connectivity index (χ0n) is 5.14. The first-order valence-electron chi connectivity index (χ1n) is 2.27. The van der Waals surface area contributed by atoms with Crippen molar-refractivity contribution in [2.24, 2.45) is 4.29 Å². The summed E-state index contributed by atoms with van der Waals surface area (Å²) in [6, 6.07) is 0. The molecule has 0 fully saturated rings. The summed E-state index contributed by atoms with van der Waals surface area (Å²) in [6.45, 7) is 1.09. The first kappa shape index (κ1) is 9.68. The maximum absolute atomic E-state index is 10.1. The van der Waals surface area contributed by atoms with Crippen LogP contribution in [-0.4, -0.2) is 17.2 Å². The molecule has 0 aliphatic carbocycles. The van der Waals surface area contributed by atoms with E-state index in [1.54, 1.807) is 0 Å². The van der Waals surface area contributed by atoms with Crippen LogP contribution < -0.4 is 4.29 Å². The molecule has 60 valence electrons. The predicted octanol–water partition coefficient (Wildman–Crippen LogP) is -0.890. The standard InChI is InChI=1S/C3H5O3.Mo.H2N.2O/c1-2(4)3(5)6;;;;/h2H,1H3,(H,5,6);;1H2;;/q-1;+2;-1;;. The number of rotatable bonds is 3.